The van der Waals surface area contributed by atoms with Gasteiger partial charge in [0.05, 0.1) is 0 Å². The molecule has 0 saturated heterocycles. The number of nitrogens with one attached hydrogen (secondary N) is 2. The molecule has 2 N–H and O–H groups in total. The lowest BCUT2D eigenvalue weighted by Gasteiger charge is -2.22. The highest BCUT2D eigenvalue weighted by atomic mass is 32.2. The van der Waals surface area contributed by atoms with E-state index in [2.05, 4.69) is 5.32 Å². The van der Waals surface area contributed by atoms with Crippen molar-refractivity contribution in [1.29, 1.82) is 0 Å². The van der Waals surface area contributed by atoms with E-state index in [1.54, 1.807) is 18.2 Å². The molecule has 24 heavy (non-hydrogen) atoms. The standard InChI is InChI=1S/C16H15F3N2O2S/c1-24(23)13-9-5-8-12(10-13)20-15(22)21-14(16(17,18)19)11-6-3-2-4-7-11/h2-10,14H,1H3,(H2,20,21,22)/t14-,24-/m0/s1. The fourth-order valence-corrected chi connectivity index (χ4v) is 2.61. The number of carbonyl (C=O) groups excluding carboxylic acids is 1. The first-order valence-electron chi connectivity index (χ1n) is 6.90. The molecule has 0 fully saturated rings. The third-order valence-corrected chi connectivity index (χ3v) is 4.08. The van der Waals surface area contributed by atoms with Crippen LogP contribution in [0.5, 0.6) is 0 Å². The molecule has 0 aliphatic heterocycles. The average molecular weight is 356 g/mol. The van der Waals surface area contributed by atoms with E-state index < -0.39 is 29.0 Å². The molecule has 0 saturated carbocycles. The number of halogens is 3. The number of urea groups is 1. The van der Waals surface area contributed by atoms with Crippen LogP contribution in [0.4, 0.5) is 23.7 Å². The molecule has 0 radical (unpaired) electrons. The molecule has 2 rings (SSSR count). The van der Waals surface area contributed by atoms with Gasteiger partial charge in [-0.05, 0) is 23.8 Å². The van der Waals surface area contributed by atoms with E-state index in [9.17, 15) is 22.2 Å². The van der Waals surface area contributed by atoms with Crippen LogP contribution in [-0.2, 0) is 10.8 Å². The Bertz CT molecular complexity index is 736. The number of rotatable bonds is 4. The van der Waals surface area contributed by atoms with Crippen molar-refractivity contribution in [1.82, 2.24) is 5.32 Å². The van der Waals surface area contributed by atoms with Crippen LogP contribution >= 0.6 is 0 Å². The summed E-state index contributed by atoms with van der Waals surface area (Å²) in [5.41, 5.74) is 0.192. The highest BCUT2D eigenvalue weighted by molar-refractivity contribution is 7.84. The van der Waals surface area contributed by atoms with Crippen LogP contribution in [0, 0.1) is 0 Å². The Morgan fingerprint density at radius 3 is 2.33 bits per heavy atom. The molecule has 0 aliphatic rings. The van der Waals surface area contributed by atoms with Crippen molar-refractivity contribution in [2.45, 2.75) is 17.1 Å². The lowest BCUT2D eigenvalue weighted by molar-refractivity contribution is -0.154. The van der Waals surface area contributed by atoms with E-state index in [0.717, 1.165) is 0 Å². The Labute approximate surface area is 139 Å². The minimum atomic E-state index is -4.63. The van der Waals surface area contributed by atoms with Crippen LogP contribution in [0.3, 0.4) is 0 Å². The molecule has 2 atom stereocenters. The Balaban J connectivity index is 2.14. The molecule has 0 spiro atoms. The number of alkyl halides is 3. The van der Waals surface area contributed by atoms with E-state index in [1.807, 2.05) is 5.32 Å². The smallest absolute Gasteiger partial charge is 0.322 e. The van der Waals surface area contributed by atoms with Gasteiger partial charge < -0.3 is 10.6 Å². The number of amides is 2. The van der Waals surface area contributed by atoms with Crippen LogP contribution in [0.2, 0.25) is 0 Å². The Morgan fingerprint density at radius 2 is 1.75 bits per heavy atom. The number of carbonyl (C=O) groups is 1. The number of anilines is 1. The molecule has 0 bridgehead atoms. The fraction of sp³-hybridized carbons (Fsp3) is 0.188. The molecule has 0 unspecified atom stereocenters. The van der Waals surface area contributed by atoms with Crippen molar-refractivity contribution in [3.8, 4) is 0 Å². The molecular formula is C16H15F3N2O2S. The molecule has 128 valence electrons. The predicted molar refractivity (Wildman–Crippen MR) is 86.2 cm³/mol. The first-order chi connectivity index (χ1) is 11.3. The minimum Gasteiger partial charge on any atom is -0.322 e. The molecule has 8 heteroatoms. The zero-order valence-corrected chi connectivity index (χ0v) is 13.4. The van der Waals surface area contributed by atoms with E-state index in [-0.39, 0.29) is 11.3 Å². The van der Waals surface area contributed by atoms with Crippen molar-refractivity contribution < 1.29 is 22.2 Å². The van der Waals surface area contributed by atoms with Crippen LogP contribution in [0.25, 0.3) is 0 Å². The summed E-state index contributed by atoms with van der Waals surface area (Å²) in [6.07, 6.45) is -3.17. The quantitative estimate of drug-likeness (QED) is 0.874. The molecule has 0 heterocycles. The second-order valence-corrected chi connectivity index (χ2v) is 6.35. The van der Waals surface area contributed by atoms with Gasteiger partial charge in [0, 0.05) is 27.6 Å². The van der Waals surface area contributed by atoms with Gasteiger partial charge in [0.15, 0.2) is 6.04 Å². The summed E-state index contributed by atoms with van der Waals surface area (Å²) in [7, 11) is -1.26. The molecule has 2 amide bonds. The lowest BCUT2D eigenvalue weighted by atomic mass is 10.1. The largest absolute Gasteiger partial charge is 0.412 e. The third-order valence-electron chi connectivity index (χ3n) is 3.16. The van der Waals surface area contributed by atoms with Gasteiger partial charge in [-0.2, -0.15) is 13.2 Å². The first kappa shape index (κ1) is 18.0. The SMILES string of the molecule is C[S@](=O)c1cccc(NC(=O)N[C@@H](c2ccccc2)C(F)(F)F)c1. The Morgan fingerprint density at radius 1 is 1.08 bits per heavy atom. The fourth-order valence-electron chi connectivity index (χ4n) is 2.05. The van der Waals surface area contributed by atoms with Crippen molar-refractivity contribution in [2.24, 2.45) is 0 Å². The number of hydrogen-bond donors (Lipinski definition) is 2. The van der Waals surface area contributed by atoms with Crippen molar-refractivity contribution in [3.05, 3.63) is 60.2 Å². The van der Waals surface area contributed by atoms with Crippen LogP contribution < -0.4 is 10.6 Å². The summed E-state index contributed by atoms with van der Waals surface area (Å²) in [5.74, 6) is 0. The second kappa shape index (κ2) is 7.48. The average Bonchev–Trinajstić information content (AvgIpc) is 2.52. The van der Waals surface area contributed by atoms with Crippen LogP contribution in [0.15, 0.2) is 59.5 Å². The number of hydrogen-bond acceptors (Lipinski definition) is 2. The highest BCUT2D eigenvalue weighted by Crippen LogP contribution is 2.32. The molecular weight excluding hydrogens is 341 g/mol. The summed E-state index contributed by atoms with van der Waals surface area (Å²) < 4.78 is 51.0. The van der Waals surface area contributed by atoms with Crippen LogP contribution in [-0.4, -0.2) is 22.7 Å². The Hall–Kier alpha value is -2.35. The maximum absolute atomic E-state index is 13.2. The minimum absolute atomic E-state index is 0.0661. The van der Waals surface area contributed by atoms with E-state index in [1.165, 1.54) is 42.7 Å². The summed E-state index contributed by atoms with van der Waals surface area (Å²) in [5, 5.41) is 4.24. The van der Waals surface area contributed by atoms with Gasteiger partial charge in [-0.1, -0.05) is 36.4 Å². The monoisotopic (exact) mass is 356 g/mol. The van der Waals surface area contributed by atoms with Crippen molar-refractivity contribution in [3.63, 3.8) is 0 Å². The summed E-state index contributed by atoms with van der Waals surface area (Å²) in [4.78, 5) is 12.4. The van der Waals surface area contributed by atoms with Gasteiger partial charge in [0.1, 0.15) is 0 Å². The first-order valence-corrected chi connectivity index (χ1v) is 8.46. The molecule has 2 aromatic rings. The van der Waals surface area contributed by atoms with Gasteiger partial charge in [-0.25, -0.2) is 4.79 Å². The third kappa shape index (κ3) is 4.82. The van der Waals surface area contributed by atoms with Crippen LogP contribution in [0.1, 0.15) is 11.6 Å². The maximum Gasteiger partial charge on any atom is 0.412 e. The van der Waals surface area contributed by atoms with Gasteiger partial charge in [-0.15, -0.1) is 0 Å². The van der Waals surface area contributed by atoms with Gasteiger partial charge in [-0.3, -0.25) is 4.21 Å². The second-order valence-electron chi connectivity index (χ2n) is 4.97. The summed E-state index contributed by atoms with van der Waals surface area (Å²) in [6.45, 7) is 0. The topological polar surface area (TPSA) is 58.2 Å². The molecule has 0 aliphatic carbocycles. The highest BCUT2D eigenvalue weighted by Gasteiger charge is 2.41. The normalized spacial score (nSPS) is 13.8. The number of benzene rings is 2. The molecule has 0 aromatic heterocycles. The zero-order chi connectivity index (χ0) is 17.7. The maximum atomic E-state index is 13.2. The summed E-state index contributed by atoms with van der Waals surface area (Å²) >= 11 is 0. The summed E-state index contributed by atoms with van der Waals surface area (Å²) in [6, 6.07) is 10.1. The van der Waals surface area contributed by atoms with Crippen molar-refractivity contribution in [2.75, 3.05) is 11.6 Å². The van der Waals surface area contributed by atoms with E-state index in [0.29, 0.717) is 4.90 Å². The Kier molecular flexibility index (Phi) is 5.61. The van der Waals surface area contributed by atoms with Crippen molar-refractivity contribution >= 4 is 22.5 Å². The van der Waals surface area contributed by atoms with Gasteiger partial charge in [0.25, 0.3) is 0 Å². The molecule has 2 aromatic carbocycles. The lowest BCUT2D eigenvalue weighted by Crippen LogP contribution is -2.40. The van der Waals surface area contributed by atoms with Gasteiger partial charge in [0.2, 0.25) is 0 Å². The predicted octanol–water partition coefficient (Wildman–Crippen LogP) is 3.85. The zero-order valence-electron chi connectivity index (χ0n) is 12.6. The molecule has 4 nitrogen and oxygen atoms in total. The van der Waals surface area contributed by atoms with Gasteiger partial charge >= 0.3 is 12.2 Å². The van der Waals surface area contributed by atoms with E-state index >= 15 is 0 Å². The van der Waals surface area contributed by atoms with E-state index in [4.69, 9.17) is 0 Å².